The Balaban J connectivity index is 1.80. The normalized spacial score (nSPS) is 10.4. The minimum absolute atomic E-state index is 0.00605. The van der Waals surface area contributed by atoms with E-state index in [9.17, 15) is 14.7 Å². The number of nitrogens with two attached hydrogens (primary N) is 1. The summed E-state index contributed by atoms with van der Waals surface area (Å²) in [6, 6.07) is 19.6. The van der Waals surface area contributed by atoms with E-state index in [4.69, 9.17) is 22.1 Å². The lowest BCUT2D eigenvalue weighted by atomic mass is 10.0. The van der Waals surface area contributed by atoms with Crippen molar-refractivity contribution in [2.75, 3.05) is 12.3 Å². The molecule has 0 atom stereocenters. The highest BCUT2D eigenvalue weighted by molar-refractivity contribution is 6.31. The van der Waals surface area contributed by atoms with Crippen molar-refractivity contribution in [3.8, 4) is 16.9 Å². The van der Waals surface area contributed by atoms with Gasteiger partial charge in [0.25, 0.3) is 0 Å². The van der Waals surface area contributed by atoms with Gasteiger partial charge in [-0.2, -0.15) is 0 Å². The second-order valence-electron chi connectivity index (χ2n) is 5.83. The number of ether oxygens (including phenoxy) is 1. The van der Waals surface area contributed by atoms with E-state index >= 15 is 0 Å². The third-order valence-electron chi connectivity index (χ3n) is 3.95. The van der Waals surface area contributed by atoms with Gasteiger partial charge >= 0.3 is 5.97 Å². The number of Topliss-reactive ketones (excluding diaryl/α,β-unsaturated/α-hetero) is 1. The predicted molar refractivity (Wildman–Crippen MR) is 105 cm³/mol. The molecule has 0 aliphatic heterocycles. The van der Waals surface area contributed by atoms with Crippen molar-refractivity contribution in [3.63, 3.8) is 0 Å². The van der Waals surface area contributed by atoms with Gasteiger partial charge in [0.05, 0.1) is 11.1 Å². The smallest absolute Gasteiger partial charge is 0.336 e. The van der Waals surface area contributed by atoms with Gasteiger partial charge in [0.1, 0.15) is 5.75 Å². The molecule has 0 amide bonds. The first-order chi connectivity index (χ1) is 13.0. The molecule has 27 heavy (non-hydrogen) atoms. The summed E-state index contributed by atoms with van der Waals surface area (Å²) < 4.78 is 5.57. The summed E-state index contributed by atoms with van der Waals surface area (Å²) in [7, 11) is 0. The van der Waals surface area contributed by atoms with Crippen molar-refractivity contribution >= 4 is 29.0 Å². The summed E-state index contributed by atoms with van der Waals surface area (Å²) in [5.41, 5.74) is 7.42. The Bertz CT molecular complexity index is 1000. The molecule has 0 unspecified atom stereocenters. The number of hydrogen-bond acceptors (Lipinski definition) is 4. The lowest BCUT2D eigenvalue weighted by Crippen LogP contribution is -2.18. The van der Waals surface area contributed by atoms with Crippen LogP contribution in [0.4, 0.5) is 5.69 Å². The standard InChI is InChI=1S/C21H16ClNO4/c22-15-10-17(21(25)26)20(18(23)11-15)19(24)12-27-16-8-4-7-14(9-16)13-5-2-1-3-6-13/h1-11H,12,23H2,(H,25,26). The first-order valence-corrected chi connectivity index (χ1v) is 8.47. The quantitative estimate of drug-likeness (QED) is 0.483. The lowest BCUT2D eigenvalue weighted by molar-refractivity contribution is 0.0690. The Labute approximate surface area is 161 Å². The number of ketones is 1. The van der Waals surface area contributed by atoms with Crippen LogP contribution in [0.5, 0.6) is 5.75 Å². The molecule has 0 saturated heterocycles. The number of nitrogen functional groups attached to an aromatic ring is 1. The van der Waals surface area contributed by atoms with Crippen LogP contribution in [-0.4, -0.2) is 23.5 Å². The highest BCUT2D eigenvalue weighted by atomic mass is 35.5. The molecule has 3 rings (SSSR count). The number of anilines is 1. The Hall–Kier alpha value is -3.31. The van der Waals surface area contributed by atoms with Crippen molar-refractivity contribution in [1.82, 2.24) is 0 Å². The second-order valence-corrected chi connectivity index (χ2v) is 6.26. The third-order valence-corrected chi connectivity index (χ3v) is 4.17. The Morgan fingerprint density at radius 1 is 0.963 bits per heavy atom. The molecule has 0 aliphatic rings. The van der Waals surface area contributed by atoms with Crippen LogP contribution in [0.1, 0.15) is 20.7 Å². The molecule has 5 nitrogen and oxygen atoms in total. The van der Waals surface area contributed by atoms with E-state index in [0.29, 0.717) is 5.75 Å². The molecule has 0 aromatic heterocycles. The van der Waals surface area contributed by atoms with Crippen molar-refractivity contribution in [2.24, 2.45) is 0 Å². The number of benzene rings is 3. The highest BCUT2D eigenvalue weighted by Gasteiger charge is 2.21. The molecule has 0 fully saturated rings. The predicted octanol–water partition coefficient (Wildman–Crippen LogP) is 4.55. The highest BCUT2D eigenvalue weighted by Crippen LogP contribution is 2.26. The van der Waals surface area contributed by atoms with Gasteiger partial charge in [-0.1, -0.05) is 54.1 Å². The number of hydrogen-bond donors (Lipinski definition) is 2. The van der Waals surface area contributed by atoms with E-state index in [-0.39, 0.29) is 28.4 Å². The maximum Gasteiger partial charge on any atom is 0.336 e. The molecule has 136 valence electrons. The van der Waals surface area contributed by atoms with E-state index in [1.54, 1.807) is 6.07 Å². The van der Waals surface area contributed by atoms with E-state index in [0.717, 1.165) is 11.1 Å². The van der Waals surface area contributed by atoms with Crippen LogP contribution >= 0.6 is 11.6 Å². The largest absolute Gasteiger partial charge is 0.485 e. The monoisotopic (exact) mass is 381 g/mol. The lowest BCUT2D eigenvalue weighted by Gasteiger charge is -2.11. The first-order valence-electron chi connectivity index (χ1n) is 8.09. The average Bonchev–Trinajstić information content (AvgIpc) is 2.66. The molecule has 3 aromatic rings. The minimum atomic E-state index is -1.28. The van der Waals surface area contributed by atoms with Crippen molar-refractivity contribution in [3.05, 3.63) is 82.9 Å². The second kappa shape index (κ2) is 7.93. The molecule has 3 aromatic carbocycles. The van der Waals surface area contributed by atoms with Crippen LogP contribution in [0, 0.1) is 0 Å². The first kappa shape index (κ1) is 18.5. The zero-order valence-electron chi connectivity index (χ0n) is 14.2. The van der Waals surface area contributed by atoms with Crippen LogP contribution in [-0.2, 0) is 0 Å². The fourth-order valence-corrected chi connectivity index (χ4v) is 2.95. The van der Waals surface area contributed by atoms with Crippen molar-refractivity contribution < 1.29 is 19.4 Å². The average molecular weight is 382 g/mol. The minimum Gasteiger partial charge on any atom is -0.485 e. The van der Waals surface area contributed by atoms with E-state index in [1.165, 1.54) is 12.1 Å². The maximum absolute atomic E-state index is 12.5. The van der Waals surface area contributed by atoms with Gasteiger partial charge in [0, 0.05) is 10.7 Å². The zero-order valence-corrected chi connectivity index (χ0v) is 14.9. The summed E-state index contributed by atoms with van der Waals surface area (Å²) in [4.78, 5) is 23.9. The fraction of sp³-hybridized carbons (Fsp3) is 0.0476. The molecular formula is C21H16ClNO4. The van der Waals surface area contributed by atoms with Crippen molar-refractivity contribution in [2.45, 2.75) is 0 Å². The van der Waals surface area contributed by atoms with Gasteiger partial charge in [0.15, 0.2) is 6.61 Å². The van der Waals surface area contributed by atoms with Gasteiger partial charge < -0.3 is 15.6 Å². The SMILES string of the molecule is Nc1cc(Cl)cc(C(=O)O)c1C(=O)COc1cccc(-c2ccccc2)c1. The van der Waals surface area contributed by atoms with Crippen LogP contribution in [0.15, 0.2) is 66.7 Å². The van der Waals surface area contributed by atoms with Gasteiger partial charge in [-0.15, -0.1) is 0 Å². The van der Waals surface area contributed by atoms with E-state index in [1.807, 2.05) is 48.5 Å². The number of carbonyl (C=O) groups is 2. The number of carbonyl (C=O) groups excluding carboxylic acids is 1. The number of carboxylic acid groups (broad SMARTS) is 1. The molecule has 0 spiro atoms. The number of carboxylic acids is 1. The van der Waals surface area contributed by atoms with E-state index in [2.05, 4.69) is 0 Å². The van der Waals surface area contributed by atoms with Gasteiger partial charge in [-0.05, 0) is 35.4 Å². The molecule has 0 heterocycles. The molecule has 0 aliphatic carbocycles. The van der Waals surface area contributed by atoms with Gasteiger partial charge in [-0.25, -0.2) is 4.79 Å². The number of rotatable bonds is 6. The number of halogens is 1. The molecule has 6 heteroatoms. The summed E-state index contributed by atoms with van der Waals surface area (Å²) >= 11 is 5.83. The Kier molecular flexibility index (Phi) is 5.43. The molecular weight excluding hydrogens is 366 g/mol. The van der Waals surface area contributed by atoms with Crippen LogP contribution in [0.3, 0.4) is 0 Å². The fourth-order valence-electron chi connectivity index (χ4n) is 2.72. The zero-order chi connectivity index (χ0) is 19.4. The third kappa shape index (κ3) is 4.27. The van der Waals surface area contributed by atoms with Gasteiger partial charge in [-0.3, -0.25) is 4.79 Å². The maximum atomic E-state index is 12.5. The van der Waals surface area contributed by atoms with Crippen LogP contribution < -0.4 is 10.5 Å². The summed E-state index contributed by atoms with van der Waals surface area (Å²) in [5.74, 6) is -1.32. The van der Waals surface area contributed by atoms with Crippen LogP contribution in [0.25, 0.3) is 11.1 Å². The molecule has 0 saturated carbocycles. The Morgan fingerprint density at radius 2 is 1.67 bits per heavy atom. The summed E-state index contributed by atoms with van der Waals surface area (Å²) in [6.07, 6.45) is 0. The van der Waals surface area contributed by atoms with Crippen LogP contribution in [0.2, 0.25) is 5.02 Å². The van der Waals surface area contributed by atoms with E-state index < -0.39 is 11.8 Å². The topological polar surface area (TPSA) is 89.6 Å². The summed E-state index contributed by atoms with van der Waals surface area (Å²) in [6.45, 7) is -0.343. The molecule has 0 radical (unpaired) electrons. The summed E-state index contributed by atoms with van der Waals surface area (Å²) in [5, 5.41) is 9.45. The molecule has 3 N–H and O–H groups in total. The number of aromatic carboxylic acids is 1. The Morgan fingerprint density at radius 3 is 2.37 bits per heavy atom. The molecule has 0 bridgehead atoms. The van der Waals surface area contributed by atoms with Gasteiger partial charge in [0.2, 0.25) is 5.78 Å². The van der Waals surface area contributed by atoms with Crippen molar-refractivity contribution in [1.29, 1.82) is 0 Å².